The number of carbonyl (C=O) groups is 5. The van der Waals surface area contributed by atoms with Gasteiger partial charge in [-0.2, -0.15) is 4.57 Å². The first kappa shape index (κ1) is 36.4. The predicted molar refractivity (Wildman–Crippen MR) is 124 cm³/mol. The molecule has 40 heavy (non-hydrogen) atoms. The quantitative estimate of drug-likeness (QED) is 0.0834. The average molecular weight is 599 g/mol. The van der Waals surface area contributed by atoms with Gasteiger partial charge in [0.2, 0.25) is 11.8 Å². The lowest BCUT2D eigenvalue weighted by Gasteiger charge is -2.13. The molecule has 0 spiro atoms. The lowest BCUT2D eigenvalue weighted by Crippen LogP contribution is -2.46. The van der Waals surface area contributed by atoms with E-state index in [1.807, 2.05) is 0 Å². The maximum absolute atomic E-state index is 10.8. The molecule has 1 aromatic rings. The van der Waals surface area contributed by atoms with Crippen molar-refractivity contribution in [2.45, 2.75) is 49.5 Å². The number of aromatic carboxylic acids is 1. The number of carboxylic acids is 3. The number of phosphoric acid groups is 1. The second-order valence-corrected chi connectivity index (χ2v) is 9.13. The third kappa shape index (κ3) is 14.0. The van der Waals surface area contributed by atoms with Crippen molar-refractivity contribution >= 4 is 37.5 Å². The van der Waals surface area contributed by atoms with Crippen molar-refractivity contribution in [1.29, 1.82) is 0 Å². The molecule has 1 aliphatic rings. The number of nitrogens with zero attached hydrogens (tertiary/aromatic N) is 1. The molecule has 226 valence electrons. The molecule has 2 amide bonds. The van der Waals surface area contributed by atoms with Crippen molar-refractivity contribution in [3.8, 4) is 0 Å². The number of hydrogen-bond donors (Lipinski definition) is 10. The lowest BCUT2D eigenvalue weighted by molar-refractivity contribution is -0.765. The van der Waals surface area contributed by atoms with Crippen LogP contribution in [0.1, 0.15) is 29.4 Å². The van der Waals surface area contributed by atoms with E-state index in [9.17, 15) is 43.9 Å². The van der Waals surface area contributed by atoms with E-state index >= 15 is 0 Å². The van der Waals surface area contributed by atoms with Crippen LogP contribution in [0.4, 0.5) is 0 Å². The Bertz CT molecular complexity index is 1070. The third-order valence-electron chi connectivity index (χ3n) is 4.57. The van der Waals surface area contributed by atoms with Crippen LogP contribution in [-0.4, -0.2) is 96.9 Å². The van der Waals surface area contributed by atoms with Crippen LogP contribution >= 0.6 is 7.82 Å². The van der Waals surface area contributed by atoms with Gasteiger partial charge in [0.25, 0.3) is 6.23 Å². The Morgan fingerprint density at radius 2 is 1.48 bits per heavy atom. The first-order chi connectivity index (χ1) is 18.3. The van der Waals surface area contributed by atoms with Gasteiger partial charge in [-0.15, -0.1) is 0 Å². The summed E-state index contributed by atoms with van der Waals surface area (Å²) in [5.41, 5.74) is 19.0. The molecule has 2 heterocycles. The van der Waals surface area contributed by atoms with Crippen molar-refractivity contribution < 1.29 is 77.7 Å². The normalized spacial score (nSPS) is 21.4. The summed E-state index contributed by atoms with van der Waals surface area (Å²) >= 11 is 0. The minimum Gasteiger partial charge on any atom is -0.545 e. The highest BCUT2D eigenvalue weighted by molar-refractivity contribution is 7.46. The van der Waals surface area contributed by atoms with Crippen LogP contribution in [0.5, 0.6) is 0 Å². The van der Waals surface area contributed by atoms with Crippen LogP contribution in [0.25, 0.3) is 0 Å². The number of hydrogen-bond acceptors (Lipinski definition) is 13. The summed E-state index contributed by atoms with van der Waals surface area (Å²) in [4.78, 5) is 67.8. The molecule has 20 nitrogen and oxygen atoms in total. The van der Waals surface area contributed by atoms with Gasteiger partial charge in [-0.25, -0.2) is 4.57 Å². The van der Waals surface area contributed by atoms with Crippen LogP contribution in [0.15, 0.2) is 24.5 Å². The molecule has 1 saturated heterocycles. The molecule has 14 N–H and O–H groups in total. The summed E-state index contributed by atoms with van der Waals surface area (Å²) < 4.78 is 21.4. The van der Waals surface area contributed by atoms with Crippen molar-refractivity contribution in [2.24, 2.45) is 22.9 Å². The number of aromatic nitrogens is 1. The molecule has 1 aromatic heterocycles. The van der Waals surface area contributed by atoms with E-state index in [4.69, 9.17) is 36.2 Å². The molecule has 0 bridgehead atoms. The van der Waals surface area contributed by atoms with Gasteiger partial charge in [0.1, 0.15) is 24.3 Å². The Morgan fingerprint density at radius 3 is 1.82 bits per heavy atom. The molecule has 1 aliphatic heterocycles. The first-order valence-corrected chi connectivity index (χ1v) is 12.3. The van der Waals surface area contributed by atoms with Gasteiger partial charge in [0.15, 0.2) is 18.5 Å². The molecular weight excluding hydrogens is 569 g/mol. The zero-order valence-electron chi connectivity index (χ0n) is 20.5. The van der Waals surface area contributed by atoms with E-state index in [-0.39, 0.29) is 18.4 Å². The number of amides is 2. The molecule has 0 radical (unpaired) electrons. The van der Waals surface area contributed by atoms with Gasteiger partial charge in [-0.3, -0.25) is 23.7 Å². The zero-order valence-corrected chi connectivity index (χ0v) is 21.4. The molecule has 2 rings (SSSR count). The van der Waals surface area contributed by atoms with Crippen molar-refractivity contribution in [1.82, 2.24) is 0 Å². The second-order valence-electron chi connectivity index (χ2n) is 7.89. The maximum Gasteiger partial charge on any atom is 0.469 e. The van der Waals surface area contributed by atoms with Gasteiger partial charge in [0, 0.05) is 6.07 Å². The van der Waals surface area contributed by atoms with E-state index in [0.29, 0.717) is 0 Å². The topological polar surface area (TPSA) is 373 Å². The summed E-state index contributed by atoms with van der Waals surface area (Å²) in [6.45, 7) is -0.639. The Balaban J connectivity index is 0.000000700. The van der Waals surface area contributed by atoms with E-state index in [1.165, 1.54) is 22.9 Å². The molecule has 6 atom stereocenters. The second kappa shape index (κ2) is 16.5. The monoisotopic (exact) mass is 599 g/mol. The van der Waals surface area contributed by atoms with Crippen molar-refractivity contribution in [3.63, 3.8) is 0 Å². The fourth-order valence-corrected chi connectivity index (χ4v) is 3.00. The minimum atomic E-state index is -4.74. The summed E-state index contributed by atoms with van der Waals surface area (Å²) in [5, 5.41) is 46.7. The Kier molecular flexibility index (Phi) is 15.0. The number of carbonyl (C=O) groups excluding carboxylic acids is 3. The van der Waals surface area contributed by atoms with Crippen LogP contribution < -0.4 is 32.6 Å². The summed E-state index contributed by atoms with van der Waals surface area (Å²) in [5.74, 6) is -5.26. The number of primary amides is 2. The first-order valence-electron chi connectivity index (χ1n) is 10.7. The number of ether oxygens (including phenoxy) is 1. The van der Waals surface area contributed by atoms with E-state index < -0.39 is 80.8 Å². The van der Waals surface area contributed by atoms with Gasteiger partial charge in [-0.1, -0.05) is 0 Å². The van der Waals surface area contributed by atoms with Crippen LogP contribution in [-0.2, 0) is 33.0 Å². The Morgan fingerprint density at radius 1 is 1.00 bits per heavy atom. The highest BCUT2D eigenvalue weighted by Crippen LogP contribution is 2.37. The molecule has 2 unspecified atom stereocenters. The highest BCUT2D eigenvalue weighted by atomic mass is 31.2. The minimum absolute atomic E-state index is 0.164. The molecule has 0 saturated carbocycles. The Hall–Kier alpha value is -3.59. The van der Waals surface area contributed by atoms with E-state index in [0.717, 1.165) is 6.20 Å². The van der Waals surface area contributed by atoms with Crippen LogP contribution in [0.2, 0.25) is 0 Å². The standard InChI is InChI=1S/C11H14NO9P.2C4H8N2O3/c13-8-7(5-20-22(17,18)19)21-10(9(8)14)12-3-1-2-6(4-12)11(15)16;2*5-2(4(8)9)1-3(6)7/h1-4,7-10,13-14H,5H2,(H2-,15,16,17,18,19);2*2H,1,5H2,(H2,6,7)(H,8,9)/t7-,8-,9-,10-;;/m1../s1. The highest BCUT2D eigenvalue weighted by Gasteiger charge is 2.48. The third-order valence-corrected chi connectivity index (χ3v) is 5.06. The average Bonchev–Trinajstić information content (AvgIpc) is 3.11. The number of phosphoric ester groups is 1. The summed E-state index contributed by atoms with van der Waals surface area (Å²) in [6.07, 6.45) is -3.30. The molecule has 21 heteroatoms. The lowest BCUT2D eigenvalue weighted by atomic mass is 10.1. The molecule has 0 aromatic carbocycles. The van der Waals surface area contributed by atoms with Gasteiger partial charge in [0.05, 0.1) is 31.0 Å². The van der Waals surface area contributed by atoms with Gasteiger partial charge >= 0.3 is 19.8 Å². The number of aliphatic hydroxyl groups excluding tert-OH is 2. The van der Waals surface area contributed by atoms with Gasteiger partial charge < -0.3 is 67.8 Å². The van der Waals surface area contributed by atoms with Gasteiger partial charge in [-0.05, 0) is 6.07 Å². The fourth-order valence-electron chi connectivity index (χ4n) is 2.66. The Labute approximate surface area is 224 Å². The zero-order chi connectivity index (χ0) is 31.4. The van der Waals surface area contributed by atoms with Crippen molar-refractivity contribution in [3.05, 3.63) is 30.1 Å². The van der Waals surface area contributed by atoms with E-state index in [1.54, 1.807) is 0 Å². The fraction of sp³-hybridized carbons (Fsp3) is 0.474. The smallest absolute Gasteiger partial charge is 0.469 e. The number of aliphatic carboxylic acids is 2. The number of rotatable bonds is 11. The molecule has 0 aliphatic carbocycles. The van der Waals surface area contributed by atoms with E-state index in [2.05, 4.69) is 16.0 Å². The van der Waals surface area contributed by atoms with Crippen molar-refractivity contribution in [2.75, 3.05) is 6.61 Å². The number of nitrogens with two attached hydrogens (primary N) is 4. The SMILES string of the molecule is NC(=O)CC(N)C(=O)O.NC(=O)CC(N)C(=O)O.O=C([O-])c1ccc[n+]([C@@H]2O[C@H](COP(=O)(O)O)[C@@H](O)[C@H]2O)c1. The summed E-state index contributed by atoms with van der Waals surface area (Å²) in [7, 11) is -4.74. The molecule has 1 fully saturated rings. The summed E-state index contributed by atoms with van der Waals surface area (Å²) in [6, 6.07) is 0.329. The van der Waals surface area contributed by atoms with Crippen LogP contribution in [0, 0.1) is 0 Å². The predicted octanol–water partition coefficient (Wildman–Crippen LogP) is -6.39. The number of pyridine rings is 1. The number of carboxylic acid groups (broad SMARTS) is 3. The van der Waals surface area contributed by atoms with Crippen LogP contribution in [0.3, 0.4) is 0 Å². The maximum atomic E-state index is 10.8. The molecular formula is C19H30N5O15P. The number of aliphatic hydroxyl groups is 2. The largest absolute Gasteiger partial charge is 0.545 e.